The minimum atomic E-state index is -1.13. The van der Waals surface area contributed by atoms with Gasteiger partial charge in [0.15, 0.2) is 0 Å². The van der Waals surface area contributed by atoms with E-state index in [-0.39, 0.29) is 5.91 Å². The summed E-state index contributed by atoms with van der Waals surface area (Å²) in [4.78, 5) is 36.8. The summed E-state index contributed by atoms with van der Waals surface area (Å²) in [6.07, 6.45) is 0. The van der Waals surface area contributed by atoms with Crippen LogP contribution in [0.2, 0.25) is 0 Å². The number of amides is 2. The van der Waals surface area contributed by atoms with Crippen molar-refractivity contribution in [3.8, 4) is 0 Å². The lowest BCUT2D eigenvalue weighted by Crippen LogP contribution is -2.51. The van der Waals surface area contributed by atoms with Gasteiger partial charge in [-0.25, -0.2) is 0 Å². The molecular weight excluding hydrogens is 308 g/mol. The smallest absolute Gasteiger partial charge is 0.325 e. The summed E-state index contributed by atoms with van der Waals surface area (Å²) < 4.78 is 0. The van der Waals surface area contributed by atoms with E-state index in [1.165, 1.54) is 18.7 Å². The Morgan fingerprint density at radius 2 is 1.67 bits per heavy atom. The first-order chi connectivity index (χ1) is 11.3. The summed E-state index contributed by atoms with van der Waals surface area (Å²) in [5.74, 6) is -1.94. The molecule has 0 fully saturated rings. The minimum Gasteiger partial charge on any atom is -0.480 e. The van der Waals surface area contributed by atoms with Gasteiger partial charge in [-0.3, -0.25) is 19.3 Å². The Morgan fingerprint density at radius 1 is 1.04 bits per heavy atom. The second-order valence-corrected chi connectivity index (χ2v) is 5.63. The third kappa shape index (κ3) is 3.53. The van der Waals surface area contributed by atoms with Gasteiger partial charge >= 0.3 is 5.97 Å². The molecule has 0 unspecified atom stereocenters. The molecule has 24 heavy (non-hydrogen) atoms. The maximum absolute atomic E-state index is 12.3. The van der Waals surface area contributed by atoms with Crippen molar-refractivity contribution in [3.63, 3.8) is 0 Å². The summed E-state index contributed by atoms with van der Waals surface area (Å²) in [6, 6.07) is 11.2. The summed E-state index contributed by atoms with van der Waals surface area (Å²) >= 11 is 0. The Hall–Kier alpha value is -2.89. The van der Waals surface area contributed by atoms with Crippen LogP contribution in [0, 0.1) is 0 Å². The molecule has 0 aliphatic carbocycles. The largest absolute Gasteiger partial charge is 0.480 e. The fourth-order valence-corrected chi connectivity index (χ4v) is 2.58. The Bertz CT molecular complexity index is 782. The lowest BCUT2D eigenvalue weighted by atomic mass is 10.1. The van der Waals surface area contributed by atoms with Crippen molar-refractivity contribution < 1.29 is 19.5 Å². The topological polar surface area (TPSA) is 86.7 Å². The van der Waals surface area contributed by atoms with Crippen LogP contribution in [0.3, 0.4) is 0 Å². The standard InChI is InChI=1S/C18H20N2O4/c1-11(18(23)24)19-17(22)12(2)20(13(3)21)16-10-6-8-14-7-4-5-9-15(14)16/h4-12H,1-3H3,(H,19,22)(H,23,24)/t11-,12-/m0/s1. The molecule has 2 N–H and O–H groups in total. The summed E-state index contributed by atoms with van der Waals surface area (Å²) in [5.41, 5.74) is 0.617. The first-order valence-corrected chi connectivity index (χ1v) is 7.63. The Labute approximate surface area is 140 Å². The predicted octanol–water partition coefficient (Wildman–Crippen LogP) is 2.17. The number of carboxylic acid groups (broad SMARTS) is 1. The van der Waals surface area contributed by atoms with E-state index in [4.69, 9.17) is 5.11 Å². The van der Waals surface area contributed by atoms with Gasteiger partial charge in [0.05, 0.1) is 5.69 Å². The zero-order valence-electron chi connectivity index (χ0n) is 13.8. The normalized spacial score (nSPS) is 13.1. The third-order valence-corrected chi connectivity index (χ3v) is 3.86. The molecule has 0 spiro atoms. The van der Waals surface area contributed by atoms with Gasteiger partial charge in [0.25, 0.3) is 0 Å². The van der Waals surface area contributed by atoms with Gasteiger partial charge in [-0.1, -0.05) is 36.4 Å². The first kappa shape index (κ1) is 17.5. The fraction of sp³-hybridized carbons (Fsp3) is 0.278. The molecule has 0 aliphatic rings. The molecule has 0 heterocycles. The van der Waals surface area contributed by atoms with Gasteiger partial charge in [-0.05, 0) is 25.3 Å². The number of benzene rings is 2. The van der Waals surface area contributed by atoms with Crippen LogP contribution in [-0.2, 0) is 14.4 Å². The van der Waals surface area contributed by atoms with Crippen molar-refractivity contribution in [2.75, 3.05) is 4.90 Å². The van der Waals surface area contributed by atoms with E-state index in [2.05, 4.69) is 5.32 Å². The number of carbonyl (C=O) groups excluding carboxylic acids is 2. The average Bonchev–Trinajstić information content (AvgIpc) is 2.54. The summed E-state index contributed by atoms with van der Waals surface area (Å²) in [6.45, 7) is 4.34. The van der Waals surface area contributed by atoms with Crippen molar-refractivity contribution >= 4 is 34.2 Å². The van der Waals surface area contributed by atoms with E-state index in [9.17, 15) is 14.4 Å². The van der Waals surface area contributed by atoms with Crippen LogP contribution in [0.4, 0.5) is 5.69 Å². The van der Waals surface area contributed by atoms with E-state index >= 15 is 0 Å². The predicted molar refractivity (Wildman–Crippen MR) is 91.8 cm³/mol. The monoisotopic (exact) mass is 328 g/mol. The van der Waals surface area contributed by atoms with Crippen LogP contribution in [0.15, 0.2) is 42.5 Å². The van der Waals surface area contributed by atoms with E-state index in [0.717, 1.165) is 10.8 Å². The molecular formula is C18H20N2O4. The third-order valence-electron chi connectivity index (χ3n) is 3.86. The molecule has 2 amide bonds. The molecule has 2 atom stereocenters. The van der Waals surface area contributed by atoms with Crippen LogP contribution >= 0.6 is 0 Å². The van der Waals surface area contributed by atoms with Crippen molar-refractivity contribution in [1.29, 1.82) is 0 Å². The SMILES string of the molecule is CC(=O)N(c1cccc2ccccc12)[C@@H](C)C(=O)N[C@@H](C)C(=O)O. The second kappa shape index (κ2) is 7.12. The highest BCUT2D eigenvalue weighted by Gasteiger charge is 2.28. The van der Waals surface area contributed by atoms with Crippen LogP contribution in [0.1, 0.15) is 20.8 Å². The molecule has 0 bridgehead atoms. The van der Waals surface area contributed by atoms with Gasteiger partial charge in [0.2, 0.25) is 11.8 Å². The molecule has 0 saturated carbocycles. The molecule has 2 aromatic rings. The van der Waals surface area contributed by atoms with Crippen molar-refractivity contribution in [2.24, 2.45) is 0 Å². The number of nitrogens with one attached hydrogen (secondary N) is 1. The number of hydrogen-bond donors (Lipinski definition) is 2. The van der Waals surface area contributed by atoms with Crippen molar-refractivity contribution in [2.45, 2.75) is 32.9 Å². The van der Waals surface area contributed by atoms with Crippen LogP contribution in [0.25, 0.3) is 10.8 Å². The number of hydrogen-bond acceptors (Lipinski definition) is 3. The summed E-state index contributed by atoms with van der Waals surface area (Å²) in [5, 5.41) is 13.1. The lowest BCUT2D eigenvalue weighted by molar-refractivity contribution is -0.141. The molecule has 0 radical (unpaired) electrons. The maximum Gasteiger partial charge on any atom is 0.325 e. The highest BCUT2D eigenvalue weighted by atomic mass is 16.4. The second-order valence-electron chi connectivity index (χ2n) is 5.63. The van der Waals surface area contributed by atoms with Gasteiger partial charge in [-0.15, -0.1) is 0 Å². The number of nitrogens with zero attached hydrogens (tertiary/aromatic N) is 1. The van der Waals surface area contributed by atoms with E-state index < -0.39 is 24.0 Å². The van der Waals surface area contributed by atoms with Crippen LogP contribution < -0.4 is 10.2 Å². The van der Waals surface area contributed by atoms with Gasteiger partial charge < -0.3 is 10.4 Å². The number of aliphatic carboxylic acids is 1. The molecule has 126 valence electrons. The molecule has 2 aromatic carbocycles. The molecule has 6 heteroatoms. The fourth-order valence-electron chi connectivity index (χ4n) is 2.58. The van der Waals surface area contributed by atoms with Crippen molar-refractivity contribution in [3.05, 3.63) is 42.5 Å². The molecule has 2 rings (SSSR count). The van der Waals surface area contributed by atoms with Gasteiger partial charge in [-0.2, -0.15) is 0 Å². The van der Waals surface area contributed by atoms with Crippen LogP contribution in [-0.4, -0.2) is 35.0 Å². The zero-order valence-corrected chi connectivity index (χ0v) is 13.8. The number of carboxylic acids is 1. The number of fused-ring (bicyclic) bond motifs is 1. The van der Waals surface area contributed by atoms with E-state index in [1.54, 1.807) is 13.0 Å². The average molecular weight is 328 g/mol. The van der Waals surface area contributed by atoms with E-state index in [0.29, 0.717) is 5.69 Å². The zero-order chi connectivity index (χ0) is 17.9. The van der Waals surface area contributed by atoms with Crippen molar-refractivity contribution in [1.82, 2.24) is 5.32 Å². The lowest BCUT2D eigenvalue weighted by Gasteiger charge is -2.29. The summed E-state index contributed by atoms with van der Waals surface area (Å²) in [7, 11) is 0. The molecule has 0 aliphatic heterocycles. The quantitative estimate of drug-likeness (QED) is 0.880. The van der Waals surface area contributed by atoms with E-state index in [1.807, 2.05) is 36.4 Å². The van der Waals surface area contributed by atoms with Crippen LogP contribution in [0.5, 0.6) is 0 Å². The first-order valence-electron chi connectivity index (χ1n) is 7.63. The highest BCUT2D eigenvalue weighted by molar-refractivity contribution is 6.07. The van der Waals surface area contributed by atoms with Gasteiger partial charge in [0.1, 0.15) is 12.1 Å². The molecule has 0 saturated heterocycles. The minimum absolute atomic E-state index is 0.294. The molecule has 0 aromatic heterocycles. The molecule has 6 nitrogen and oxygen atoms in total. The van der Waals surface area contributed by atoms with Gasteiger partial charge in [0, 0.05) is 12.3 Å². The number of anilines is 1. The highest BCUT2D eigenvalue weighted by Crippen LogP contribution is 2.28. The Kier molecular flexibility index (Phi) is 5.18. The Balaban J connectivity index is 2.40. The Morgan fingerprint density at radius 3 is 2.29 bits per heavy atom. The number of rotatable bonds is 5. The maximum atomic E-state index is 12.3. The number of carbonyl (C=O) groups is 3.